The van der Waals surface area contributed by atoms with Crippen LogP contribution in [0.3, 0.4) is 0 Å². The lowest BCUT2D eigenvalue weighted by Gasteiger charge is -2.42. The topological polar surface area (TPSA) is 247 Å². The number of phenols is 1. The maximum Gasteiger partial charge on any atom is 0.229 e. The first-order chi connectivity index (χ1) is 21.5. The smallest absolute Gasteiger partial charge is 0.229 e. The van der Waals surface area contributed by atoms with E-state index in [1.807, 2.05) is 0 Å². The van der Waals surface area contributed by atoms with E-state index in [0.717, 1.165) is 0 Å². The minimum absolute atomic E-state index is 0.0339. The zero-order valence-electron chi connectivity index (χ0n) is 24.0. The molecule has 2 aliphatic rings. The summed E-state index contributed by atoms with van der Waals surface area (Å²) in [6.07, 6.45) is -14.5. The first kappa shape index (κ1) is 32.8. The number of phenolic OH excluding ortho intramolecular Hbond substituents is 1. The molecule has 5 rings (SSSR count). The quantitative estimate of drug-likeness (QED) is 0.129. The molecule has 1 aromatic heterocycles. The number of hydrogen-bond acceptors (Lipinski definition) is 16. The van der Waals surface area contributed by atoms with Gasteiger partial charge in [-0.05, 0) is 17.7 Å². The Labute approximate surface area is 254 Å². The van der Waals surface area contributed by atoms with Crippen LogP contribution in [-0.2, 0) is 14.2 Å². The van der Waals surface area contributed by atoms with Crippen LogP contribution < -0.4 is 19.6 Å². The molecule has 10 atom stereocenters. The van der Waals surface area contributed by atoms with Crippen LogP contribution in [0.5, 0.6) is 23.0 Å². The number of hydrogen-bond donors (Lipinski definition) is 8. The molecule has 2 aliphatic heterocycles. The zero-order chi connectivity index (χ0) is 32.6. The Morgan fingerprint density at radius 1 is 0.800 bits per heavy atom. The first-order valence-electron chi connectivity index (χ1n) is 13.8. The molecule has 16 heteroatoms. The van der Waals surface area contributed by atoms with Gasteiger partial charge < -0.3 is 73.7 Å². The van der Waals surface area contributed by atoms with E-state index in [2.05, 4.69) is 0 Å². The highest BCUT2D eigenvalue weighted by Crippen LogP contribution is 2.42. The van der Waals surface area contributed by atoms with E-state index in [4.69, 9.17) is 32.8 Å². The Kier molecular flexibility index (Phi) is 9.80. The van der Waals surface area contributed by atoms with Crippen LogP contribution in [0.2, 0.25) is 0 Å². The SMILES string of the molecule is COc1cc2occ(-c3ccc(O[C@@H]4O[C@H](CO[C@@H]5O[C@H](CO)[C@@H](O)[C@H](O)[C@H]5O)[C@@H](O)[C@H](O)[C@H]4O)cc3)c(=O)c2c(O)c1OC. The highest BCUT2D eigenvalue weighted by atomic mass is 16.7. The third-order valence-corrected chi connectivity index (χ3v) is 7.74. The number of rotatable bonds is 9. The Morgan fingerprint density at radius 3 is 2.04 bits per heavy atom. The Morgan fingerprint density at radius 2 is 1.42 bits per heavy atom. The van der Waals surface area contributed by atoms with E-state index in [-0.39, 0.29) is 33.8 Å². The first-order valence-corrected chi connectivity index (χ1v) is 13.8. The summed E-state index contributed by atoms with van der Waals surface area (Å²) in [5, 5.41) is 81.4. The standard InChI is InChI=1S/C29H34O16/c1-39-15-7-14-18(22(34)27(15)40-2)19(31)13(9-41-14)11-3-5-12(6-4-11)43-29-26(38)24(36)21(33)17(45-29)10-42-28-25(37)23(35)20(32)16(8-30)44-28/h3-7,9,16-17,20-21,23-26,28-30,32-38H,8,10H2,1-2H3/t16-,17-,20-,21-,23+,24+,25-,26-,28-,29-/m1/s1. The maximum absolute atomic E-state index is 13.3. The number of fused-ring (bicyclic) bond motifs is 1. The minimum Gasteiger partial charge on any atom is -0.504 e. The lowest BCUT2D eigenvalue weighted by atomic mass is 9.98. The van der Waals surface area contributed by atoms with Crippen molar-refractivity contribution in [1.29, 1.82) is 0 Å². The highest BCUT2D eigenvalue weighted by Gasteiger charge is 2.47. The van der Waals surface area contributed by atoms with Gasteiger partial charge in [-0.2, -0.15) is 0 Å². The van der Waals surface area contributed by atoms with Crippen LogP contribution in [0.15, 0.2) is 45.8 Å². The molecule has 2 fully saturated rings. The monoisotopic (exact) mass is 638 g/mol. The molecule has 246 valence electrons. The number of methoxy groups -OCH3 is 2. The predicted octanol–water partition coefficient (Wildman–Crippen LogP) is -1.81. The number of aromatic hydroxyl groups is 1. The van der Waals surface area contributed by atoms with Crippen LogP contribution in [-0.4, -0.2) is 130 Å². The fourth-order valence-corrected chi connectivity index (χ4v) is 5.17. The van der Waals surface area contributed by atoms with Gasteiger partial charge in [-0.1, -0.05) is 12.1 Å². The Balaban J connectivity index is 1.30. The molecule has 0 spiro atoms. The van der Waals surface area contributed by atoms with Gasteiger partial charge >= 0.3 is 0 Å². The van der Waals surface area contributed by atoms with E-state index in [1.54, 1.807) is 0 Å². The largest absolute Gasteiger partial charge is 0.504 e. The summed E-state index contributed by atoms with van der Waals surface area (Å²) >= 11 is 0. The number of ether oxygens (including phenoxy) is 6. The van der Waals surface area contributed by atoms with Gasteiger partial charge in [0.15, 0.2) is 17.8 Å². The normalized spacial score (nSPS) is 31.9. The van der Waals surface area contributed by atoms with Crippen molar-refractivity contribution in [2.24, 2.45) is 0 Å². The van der Waals surface area contributed by atoms with Crippen molar-refractivity contribution in [2.75, 3.05) is 27.4 Å². The molecule has 3 aromatic rings. The molecule has 2 aromatic carbocycles. The van der Waals surface area contributed by atoms with Gasteiger partial charge in [0.05, 0.1) is 33.0 Å². The fraction of sp³-hybridized carbons (Fsp3) is 0.483. The molecule has 3 heterocycles. The van der Waals surface area contributed by atoms with Gasteiger partial charge in [-0.15, -0.1) is 0 Å². The average molecular weight is 639 g/mol. The third-order valence-electron chi connectivity index (χ3n) is 7.74. The lowest BCUT2D eigenvalue weighted by Crippen LogP contribution is -2.62. The van der Waals surface area contributed by atoms with Crippen LogP contribution in [0, 0.1) is 0 Å². The van der Waals surface area contributed by atoms with Crippen LogP contribution in [0.4, 0.5) is 0 Å². The van der Waals surface area contributed by atoms with Crippen molar-refractivity contribution in [3.05, 3.63) is 46.8 Å². The van der Waals surface area contributed by atoms with Crippen molar-refractivity contribution in [1.82, 2.24) is 0 Å². The molecule has 2 saturated heterocycles. The summed E-state index contributed by atoms with van der Waals surface area (Å²) in [5.74, 6) is -0.170. The van der Waals surface area contributed by atoms with Crippen molar-refractivity contribution in [3.63, 3.8) is 0 Å². The number of aliphatic hydroxyl groups is 7. The number of aliphatic hydroxyl groups excluding tert-OH is 7. The van der Waals surface area contributed by atoms with Gasteiger partial charge in [-0.25, -0.2) is 0 Å². The van der Waals surface area contributed by atoms with Gasteiger partial charge in [-0.3, -0.25) is 4.79 Å². The van der Waals surface area contributed by atoms with Crippen molar-refractivity contribution in [3.8, 4) is 34.1 Å². The van der Waals surface area contributed by atoms with E-state index in [0.29, 0.717) is 5.56 Å². The Bertz CT molecular complexity index is 1520. The molecule has 45 heavy (non-hydrogen) atoms. The molecule has 0 aliphatic carbocycles. The highest BCUT2D eigenvalue weighted by molar-refractivity contribution is 5.91. The summed E-state index contributed by atoms with van der Waals surface area (Å²) in [6, 6.07) is 7.32. The van der Waals surface area contributed by atoms with Gasteiger partial charge in [0.25, 0.3) is 0 Å². The molecule has 0 radical (unpaired) electrons. The van der Waals surface area contributed by atoms with Crippen LogP contribution in [0.25, 0.3) is 22.1 Å². The lowest BCUT2D eigenvalue weighted by molar-refractivity contribution is -0.323. The molecule has 0 bridgehead atoms. The molecule has 0 saturated carbocycles. The second-order valence-electron chi connectivity index (χ2n) is 10.5. The summed E-state index contributed by atoms with van der Waals surface area (Å²) in [5.41, 5.74) is 0.0231. The van der Waals surface area contributed by atoms with Crippen molar-refractivity contribution >= 4 is 11.0 Å². The second-order valence-corrected chi connectivity index (χ2v) is 10.5. The van der Waals surface area contributed by atoms with E-state index >= 15 is 0 Å². The van der Waals surface area contributed by atoms with Gasteiger partial charge in [0, 0.05) is 6.07 Å². The van der Waals surface area contributed by atoms with Crippen LogP contribution >= 0.6 is 0 Å². The summed E-state index contributed by atoms with van der Waals surface area (Å²) < 4.78 is 38.0. The van der Waals surface area contributed by atoms with Gasteiger partial charge in [0.2, 0.25) is 17.5 Å². The summed E-state index contributed by atoms with van der Waals surface area (Å²) in [7, 11) is 2.69. The molecule has 0 amide bonds. The second kappa shape index (κ2) is 13.4. The van der Waals surface area contributed by atoms with Gasteiger partial charge in [0.1, 0.15) is 71.8 Å². The zero-order valence-corrected chi connectivity index (χ0v) is 24.0. The van der Waals surface area contributed by atoms with Crippen LogP contribution in [0.1, 0.15) is 0 Å². The van der Waals surface area contributed by atoms with Crippen molar-refractivity contribution in [2.45, 2.75) is 61.4 Å². The van der Waals surface area contributed by atoms with E-state index < -0.39 is 85.8 Å². The third kappa shape index (κ3) is 6.17. The van der Waals surface area contributed by atoms with E-state index in [1.165, 1.54) is 50.8 Å². The van der Waals surface area contributed by atoms with Crippen molar-refractivity contribution < 1.29 is 73.7 Å². The minimum atomic E-state index is -1.74. The predicted molar refractivity (Wildman–Crippen MR) is 150 cm³/mol. The molecular formula is C29H34O16. The fourth-order valence-electron chi connectivity index (χ4n) is 5.17. The molecule has 8 N–H and O–H groups in total. The number of benzene rings is 2. The average Bonchev–Trinajstić information content (AvgIpc) is 3.04. The molecular weight excluding hydrogens is 604 g/mol. The maximum atomic E-state index is 13.3. The van der Waals surface area contributed by atoms with E-state index in [9.17, 15) is 45.6 Å². The molecule has 16 nitrogen and oxygen atoms in total. The Hall–Kier alpha value is -3.55. The summed E-state index contributed by atoms with van der Waals surface area (Å²) in [6.45, 7) is -1.20. The molecule has 0 unspecified atom stereocenters. The summed E-state index contributed by atoms with van der Waals surface area (Å²) in [4.78, 5) is 13.3.